The molecule has 1 aliphatic carbocycles. The van der Waals surface area contributed by atoms with E-state index in [2.05, 4.69) is 5.32 Å². The first-order valence-corrected chi connectivity index (χ1v) is 5.35. The minimum atomic E-state index is -0.873. The maximum Gasteiger partial charge on any atom is 0.335 e. The molecule has 0 saturated heterocycles. The van der Waals surface area contributed by atoms with Gasteiger partial charge in [0.1, 0.15) is 0 Å². The van der Waals surface area contributed by atoms with E-state index in [1.165, 1.54) is 25.7 Å². The zero-order chi connectivity index (χ0) is 10.7. The Morgan fingerprint density at radius 1 is 1.20 bits per heavy atom. The molecule has 0 heterocycles. The van der Waals surface area contributed by atoms with E-state index in [9.17, 15) is 4.79 Å². The molecule has 0 amide bonds. The second-order valence-corrected chi connectivity index (χ2v) is 4.01. The molecule has 2 N–H and O–H groups in total. The first-order chi connectivity index (χ1) is 7.25. The molecule has 0 unspecified atom stereocenters. The van der Waals surface area contributed by atoms with Gasteiger partial charge in [0.15, 0.2) is 0 Å². The van der Waals surface area contributed by atoms with Crippen LogP contribution in [0.15, 0.2) is 24.3 Å². The Morgan fingerprint density at radius 3 is 2.33 bits per heavy atom. The smallest absolute Gasteiger partial charge is 0.335 e. The average molecular weight is 205 g/mol. The molecule has 1 aromatic rings. The summed E-state index contributed by atoms with van der Waals surface area (Å²) in [4.78, 5) is 10.6. The number of anilines is 1. The third kappa shape index (κ3) is 2.49. The zero-order valence-electron chi connectivity index (χ0n) is 8.57. The van der Waals surface area contributed by atoms with Crippen LogP contribution in [0.5, 0.6) is 0 Å². The minimum absolute atomic E-state index is 0.340. The second-order valence-electron chi connectivity index (χ2n) is 4.01. The predicted molar refractivity (Wildman–Crippen MR) is 59.3 cm³/mol. The summed E-state index contributed by atoms with van der Waals surface area (Å²) in [5.74, 6) is -0.873. The summed E-state index contributed by atoms with van der Waals surface area (Å²) in [6.45, 7) is 0. The molecule has 3 nitrogen and oxygen atoms in total. The second kappa shape index (κ2) is 4.34. The van der Waals surface area contributed by atoms with E-state index in [0.29, 0.717) is 11.6 Å². The van der Waals surface area contributed by atoms with E-state index < -0.39 is 5.97 Å². The summed E-state index contributed by atoms with van der Waals surface area (Å²) >= 11 is 0. The van der Waals surface area contributed by atoms with Gasteiger partial charge in [0, 0.05) is 11.7 Å². The van der Waals surface area contributed by atoms with Crippen LogP contribution in [-0.2, 0) is 0 Å². The topological polar surface area (TPSA) is 49.3 Å². The molecule has 0 spiro atoms. The van der Waals surface area contributed by atoms with Crippen molar-refractivity contribution in [2.75, 3.05) is 5.32 Å². The standard InChI is InChI=1S/C12H15NO2/c14-12(15)9-5-7-11(8-6-9)13-10-3-1-2-4-10/h5-8,10,13H,1-4H2,(H,14,15). The first-order valence-electron chi connectivity index (χ1n) is 5.35. The Balaban J connectivity index is 2.00. The van der Waals surface area contributed by atoms with E-state index in [0.717, 1.165) is 5.69 Å². The van der Waals surface area contributed by atoms with Gasteiger partial charge in [-0.05, 0) is 37.1 Å². The third-order valence-corrected chi connectivity index (χ3v) is 2.86. The Bertz CT molecular complexity index is 339. The summed E-state index contributed by atoms with van der Waals surface area (Å²) in [5.41, 5.74) is 1.36. The minimum Gasteiger partial charge on any atom is -0.478 e. The van der Waals surface area contributed by atoms with Crippen molar-refractivity contribution in [2.45, 2.75) is 31.7 Å². The summed E-state index contributed by atoms with van der Waals surface area (Å²) in [6, 6.07) is 7.52. The maximum atomic E-state index is 10.6. The molecule has 3 heteroatoms. The van der Waals surface area contributed by atoms with E-state index in [1.54, 1.807) is 12.1 Å². The normalized spacial score (nSPS) is 16.5. The highest BCUT2D eigenvalue weighted by molar-refractivity contribution is 5.87. The van der Waals surface area contributed by atoms with E-state index in [-0.39, 0.29) is 0 Å². The SMILES string of the molecule is O=C(O)c1ccc(NC2CCCC2)cc1. The molecule has 0 bridgehead atoms. The van der Waals surface area contributed by atoms with E-state index in [4.69, 9.17) is 5.11 Å². The Labute approximate surface area is 89.1 Å². The number of benzene rings is 1. The molecular weight excluding hydrogens is 190 g/mol. The molecule has 15 heavy (non-hydrogen) atoms. The van der Waals surface area contributed by atoms with Crippen LogP contribution in [0, 0.1) is 0 Å². The van der Waals surface area contributed by atoms with E-state index >= 15 is 0 Å². The van der Waals surface area contributed by atoms with Gasteiger partial charge < -0.3 is 10.4 Å². The molecule has 2 rings (SSSR count). The predicted octanol–water partition coefficient (Wildman–Crippen LogP) is 2.74. The first kappa shape index (κ1) is 10.0. The van der Waals surface area contributed by atoms with Crippen molar-refractivity contribution in [1.29, 1.82) is 0 Å². The summed E-state index contributed by atoms with van der Waals surface area (Å²) in [5, 5.41) is 12.2. The van der Waals surface area contributed by atoms with Crippen molar-refractivity contribution >= 4 is 11.7 Å². The lowest BCUT2D eigenvalue weighted by Gasteiger charge is -2.13. The van der Waals surface area contributed by atoms with Crippen LogP contribution in [0.1, 0.15) is 36.0 Å². The highest BCUT2D eigenvalue weighted by Gasteiger charge is 2.14. The van der Waals surface area contributed by atoms with Crippen molar-refractivity contribution < 1.29 is 9.90 Å². The number of hydrogen-bond donors (Lipinski definition) is 2. The van der Waals surface area contributed by atoms with Gasteiger partial charge in [-0.15, -0.1) is 0 Å². The van der Waals surface area contributed by atoms with Crippen LogP contribution < -0.4 is 5.32 Å². The van der Waals surface area contributed by atoms with Crippen LogP contribution in [0.2, 0.25) is 0 Å². The highest BCUT2D eigenvalue weighted by atomic mass is 16.4. The molecule has 0 aliphatic heterocycles. The lowest BCUT2D eigenvalue weighted by molar-refractivity contribution is 0.0697. The van der Waals surface area contributed by atoms with Crippen molar-refractivity contribution in [3.8, 4) is 0 Å². The third-order valence-electron chi connectivity index (χ3n) is 2.86. The molecule has 1 aliphatic rings. The van der Waals surface area contributed by atoms with Crippen molar-refractivity contribution in [3.05, 3.63) is 29.8 Å². The summed E-state index contributed by atoms with van der Waals surface area (Å²) < 4.78 is 0. The number of hydrogen-bond acceptors (Lipinski definition) is 2. The Kier molecular flexibility index (Phi) is 2.90. The molecule has 0 atom stereocenters. The fourth-order valence-corrected chi connectivity index (χ4v) is 2.01. The van der Waals surface area contributed by atoms with Crippen LogP contribution in [0.4, 0.5) is 5.69 Å². The molecule has 1 fully saturated rings. The van der Waals surface area contributed by atoms with Gasteiger partial charge >= 0.3 is 5.97 Å². The van der Waals surface area contributed by atoms with Gasteiger partial charge in [0.2, 0.25) is 0 Å². The van der Waals surface area contributed by atoms with Gasteiger partial charge in [-0.1, -0.05) is 12.8 Å². The van der Waals surface area contributed by atoms with Gasteiger partial charge in [0.05, 0.1) is 5.56 Å². The molecule has 80 valence electrons. The Morgan fingerprint density at radius 2 is 1.80 bits per heavy atom. The fraction of sp³-hybridized carbons (Fsp3) is 0.417. The lowest BCUT2D eigenvalue weighted by atomic mass is 10.2. The van der Waals surface area contributed by atoms with Crippen LogP contribution in [0.3, 0.4) is 0 Å². The molecule has 0 radical (unpaired) electrons. The van der Waals surface area contributed by atoms with Gasteiger partial charge in [0.25, 0.3) is 0 Å². The number of aromatic carboxylic acids is 1. The van der Waals surface area contributed by atoms with Gasteiger partial charge in [-0.3, -0.25) is 0 Å². The van der Waals surface area contributed by atoms with Gasteiger partial charge in [-0.25, -0.2) is 4.79 Å². The number of carbonyl (C=O) groups is 1. The number of carboxylic acids is 1. The zero-order valence-corrected chi connectivity index (χ0v) is 8.57. The van der Waals surface area contributed by atoms with Crippen LogP contribution in [0.25, 0.3) is 0 Å². The highest BCUT2D eigenvalue weighted by Crippen LogP contribution is 2.22. The quantitative estimate of drug-likeness (QED) is 0.797. The number of rotatable bonds is 3. The van der Waals surface area contributed by atoms with E-state index in [1.807, 2.05) is 12.1 Å². The number of nitrogens with one attached hydrogen (secondary N) is 1. The largest absolute Gasteiger partial charge is 0.478 e. The van der Waals surface area contributed by atoms with Crippen molar-refractivity contribution in [1.82, 2.24) is 0 Å². The van der Waals surface area contributed by atoms with Crippen molar-refractivity contribution in [2.24, 2.45) is 0 Å². The van der Waals surface area contributed by atoms with Crippen LogP contribution in [-0.4, -0.2) is 17.1 Å². The monoisotopic (exact) mass is 205 g/mol. The molecule has 0 aromatic heterocycles. The summed E-state index contributed by atoms with van der Waals surface area (Å²) in [6.07, 6.45) is 5.04. The Hall–Kier alpha value is -1.51. The number of carboxylic acid groups (broad SMARTS) is 1. The molecule has 1 saturated carbocycles. The average Bonchev–Trinajstić information content (AvgIpc) is 2.71. The lowest BCUT2D eigenvalue weighted by Crippen LogP contribution is -2.14. The van der Waals surface area contributed by atoms with Gasteiger partial charge in [-0.2, -0.15) is 0 Å². The maximum absolute atomic E-state index is 10.6. The summed E-state index contributed by atoms with van der Waals surface area (Å²) in [7, 11) is 0. The molecule has 1 aromatic carbocycles. The fourth-order valence-electron chi connectivity index (χ4n) is 2.01. The molecular formula is C12H15NO2. The van der Waals surface area contributed by atoms with Crippen molar-refractivity contribution in [3.63, 3.8) is 0 Å². The van der Waals surface area contributed by atoms with Crippen LogP contribution >= 0.6 is 0 Å².